The number of sulfonamides is 1. The molecule has 4 aromatic rings. The molecule has 10 nitrogen and oxygen atoms in total. The van der Waals surface area contributed by atoms with Crippen molar-refractivity contribution >= 4 is 54.9 Å². The zero-order valence-corrected chi connectivity index (χ0v) is 21.0. The molecule has 0 bridgehead atoms. The van der Waals surface area contributed by atoms with E-state index >= 15 is 0 Å². The Kier molecular flexibility index (Phi) is 6.37. The van der Waals surface area contributed by atoms with Crippen molar-refractivity contribution in [2.24, 2.45) is 0 Å². The van der Waals surface area contributed by atoms with E-state index in [0.717, 1.165) is 10.9 Å². The number of benzene rings is 2. The van der Waals surface area contributed by atoms with Gasteiger partial charge in [0.25, 0.3) is 10.0 Å². The van der Waals surface area contributed by atoms with Crippen LogP contribution in [0.25, 0.3) is 10.9 Å². The normalized spacial score (nSPS) is 14.3. The number of rotatable bonds is 7. The summed E-state index contributed by atoms with van der Waals surface area (Å²) in [5.74, 6) is 0.319. The molecule has 0 aliphatic carbocycles. The molecular weight excluding hydrogens is 502 g/mol. The van der Waals surface area contributed by atoms with Crippen molar-refractivity contribution in [3.05, 3.63) is 66.3 Å². The van der Waals surface area contributed by atoms with Crippen molar-refractivity contribution in [3.8, 4) is 5.75 Å². The summed E-state index contributed by atoms with van der Waals surface area (Å²) in [6, 6.07) is 13.7. The number of anilines is 2. The number of carbonyl (C=O) groups excluding carboxylic acids is 2. The van der Waals surface area contributed by atoms with E-state index in [4.69, 9.17) is 4.74 Å². The molecular formula is C24H23N5O5S2. The fraction of sp³-hybridized carbons (Fsp3) is 0.208. The second-order valence-corrected chi connectivity index (χ2v) is 10.7. The van der Waals surface area contributed by atoms with Crippen LogP contribution < -0.4 is 14.4 Å². The Labute approximate surface area is 211 Å². The Morgan fingerprint density at radius 1 is 1.14 bits per heavy atom. The highest BCUT2D eigenvalue weighted by Crippen LogP contribution is 2.24. The van der Waals surface area contributed by atoms with E-state index in [9.17, 15) is 18.0 Å². The maximum Gasteiger partial charge on any atom is 0.263 e. The molecule has 36 heavy (non-hydrogen) atoms. The number of piperazine rings is 1. The van der Waals surface area contributed by atoms with Gasteiger partial charge in [0.2, 0.25) is 11.8 Å². The Bertz CT molecular complexity index is 1510. The van der Waals surface area contributed by atoms with Crippen molar-refractivity contribution in [3.63, 3.8) is 0 Å². The van der Waals surface area contributed by atoms with Crippen molar-refractivity contribution in [1.29, 1.82) is 0 Å². The van der Waals surface area contributed by atoms with Crippen LogP contribution in [0.5, 0.6) is 5.75 Å². The molecule has 2 aromatic heterocycles. The number of hydrogen-bond donors (Lipinski definition) is 1. The van der Waals surface area contributed by atoms with Gasteiger partial charge in [-0.05, 0) is 47.9 Å². The highest BCUT2D eigenvalue weighted by molar-refractivity contribution is 7.93. The van der Waals surface area contributed by atoms with Crippen LogP contribution in [0.2, 0.25) is 0 Å². The Morgan fingerprint density at radius 3 is 2.64 bits per heavy atom. The highest BCUT2D eigenvalue weighted by Gasteiger charge is 2.28. The van der Waals surface area contributed by atoms with Crippen LogP contribution in [-0.4, -0.2) is 61.4 Å². The van der Waals surface area contributed by atoms with Gasteiger partial charge in [0.1, 0.15) is 18.8 Å². The van der Waals surface area contributed by atoms with Gasteiger partial charge in [-0.3, -0.25) is 14.3 Å². The zero-order chi connectivity index (χ0) is 25.3. The molecule has 0 spiro atoms. The van der Waals surface area contributed by atoms with Gasteiger partial charge in [-0.2, -0.15) is 0 Å². The molecule has 0 unspecified atom stereocenters. The number of ether oxygens (including phenoxy) is 1. The van der Waals surface area contributed by atoms with Crippen molar-refractivity contribution in [2.45, 2.75) is 11.4 Å². The molecule has 2 aromatic carbocycles. The van der Waals surface area contributed by atoms with Crippen molar-refractivity contribution in [1.82, 2.24) is 14.5 Å². The smallest absolute Gasteiger partial charge is 0.263 e. The molecule has 1 saturated heterocycles. The molecule has 12 heteroatoms. The molecule has 1 aliphatic heterocycles. The molecule has 186 valence electrons. The van der Waals surface area contributed by atoms with Gasteiger partial charge < -0.3 is 19.1 Å². The van der Waals surface area contributed by atoms with Crippen LogP contribution in [0.15, 0.2) is 71.2 Å². The minimum atomic E-state index is -3.78. The number of thiazole rings is 1. The maximum absolute atomic E-state index is 13.0. The van der Waals surface area contributed by atoms with Gasteiger partial charge in [-0.15, -0.1) is 11.3 Å². The third-order valence-corrected chi connectivity index (χ3v) is 8.15. The summed E-state index contributed by atoms with van der Waals surface area (Å²) in [6.45, 7) is 0.753. The number of fused-ring (bicyclic) bond motifs is 1. The van der Waals surface area contributed by atoms with Gasteiger partial charge >= 0.3 is 0 Å². The van der Waals surface area contributed by atoms with E-state index in [1.165, 1.54) is 29.7 Å². The third kappa shape index (κ3) is 4.77. The first-order chi connectivity index (χ1) is 17.3. The van der Waals surface area contributed by atoms with Crippen LogP contribution in [0.1, 0.15) is 0 Å². The summed E-state index contributed by atoms with van der Waals surface area (Å²) in [4.78, 5) is 32.9. The number of nitrogens with zero attached hydrogens (tertiary/aromatic N) is 4. The second-order valence-electron chi connectivity index (χ2n) is 8.17. The summed E-state index contributed by atoms with van der Waals surface area (Å²) in [5.41, 5.74) is 1.45. The molecule has 5 rings (SSSR count). The summed E-state index contributed by atoms with van der Waals surface area (Å²) in [7, 11) is -2.18. The fourth-order valence-electron chi connectivity index (χ4n) is 4.09. The zero-order valence-electron chi connectivity index (χ0n) is 19.3. The quantitative estimate of drug-likeness (QED) is 0.397. The van der Waals surface area contributed by atoms with Crippen LogP contribution in [-0.2, 0) is 26.2 Å². The molecule has 1 fully saturated rings. The predicted molar refractivity (Wildman–Crippen MR) is 137 cm³/mol. The van der Waals surface area contributed by atoms with Gasteiger partial charge in [0.05, 0.1) is 17.5 Å². The van der Waals surface area contributed by atoms with Crippen molar-refractivity contribution < 1.29 is 22.7 Å². The first-order valence-corrected chi connectivity index (χ1v) is 13.4. The Morgan fingerprint density at radius 2 is 1.94 bits per heavy atom. The van der Waals surface area contributed by atoms with E-state index in [1.54, 1.807) is 34.4 Å². The summed E-state index contributed by atoms with van der Waals surface area (Å²) >= 11 is 1.18. The van der Waals surface area contributed by atoms with Gasteiger partial charge in [-0.25, -0.2) is 13.4 Å². The molecule has 0 saturated carbocycles. The van der Waals surface area contributed by atoms with Gasteiger partial charge in [-0.1, -0.05) is 0 Å². The first-order valence-electron chi connectivity index (χ1n) is 11.1. The number of carbonyl (C=O) groups is 2. The average molecular weight is 526 g/mol. The number of aromatic nitrogens is 2. The Balaban J connectivity index is 1.23. The predicted octanol–water partition coefficient (Wildman–Crippen LogP) is 2.78. The number of methoxy groups -OCH3 is 1. The lowest BCUT2D eigenvalue weighted by molar-refractivity contribution is -0.137. The van der Waals surface area contributed by atoms with E-state index in [1.807, 2.05) is 35.0 Å². The summed E-state index contributed by atoms with van der Waals surface area (Å²) in [6.07, 6.45) is 3.36. The average Bonchev–Trinajstić information content (AvgIpc) is 3.53. The standard InChI is InChI=1S/C24H23N5O5S2/c1-34-19-5-2-17-8-10-27(21(17)14-19)15-22(30)28-11-12-29(23(31)16-28)18-3-6-20(7-4-18)36(32,33)26-24-25-9-13-35-24/h2-10,13-14H,11-12,15-16H2,1H3,(H,25,26). The van der Waals surface area contributed by atoms with Crippen LogP contribution >= 0.6 is 11.3 Å². The van der Waals surface area contributed by atoms with Crippen LogP contribution in [0.3, 0.4) is 0 Å². The lowest BCUT2D eigenvalue weighted by Gasteiger charge is -2.34. The van der Waals surface area contributed by atoms with E-state index in [0.29, 0.717) is 24.5 Å². The largest absolute Gasteiger partial charge is 0.497 e. The minimum absolute atomic E-state index is 0.0486. The monoisotopic (exact) mass is 525 g/mol. The van der Waals surface area contributed by atoms with Gasteiger partial charge in [0.15, 0.2) is 5.13 Å². The van der Waals surface area contributed by atoms with Gasteiger partial charge in [0, 0.05) is 42.6 Å². The third-order valence-electron chi connectivity index (χ3n) is 5.97. The lowest BCUT2D eigenvalue weighted by Crippen LogP contribution is -2.53. The molecule has 3 heterocycles. The minimum Gasteiger partial charge on any atom is -0.497 e. The van der Waals surface area contributed by atoms with Crippen molar-refractivity contribution in [2.75, 3.05) is 36.4 Å². The molecule has 1 N–H and O–H groups in total. The van der Waals surface area contributed by atoms with Crippen LogP contribution in [0.4, 0.5) is 10.8 Å². The number of amides is 2. The molecule has 0 atom stereocenters. The van der Waals surface area contributed by atoms with E-state index in [2.05, 4.69) is 9.71 Å². The summed E-state index contributed by atoms with van der Waals surface area (Å²) in [5, 5.41) is 2.95. The van der Waals surface area contributed by atoms with Crippen LogP contribution in [0, 0.1) is 0 Å². The molecule has 2 amide bonds. The summed E-state index contributed by atoms with van der Waals surface area (Å²) < 4.78 is 34.6. The second kappa shape index (κ2) is 9.63. The number of nitrogens with one attached hydrogen (secondary N) is 1. The topological polar surface area (TPSA) is 114 Å². The lowest BCUT2D eigenvalue weighted by atomic mass is 10.2. The first kappa shape index (κ1) is 23.8. The fourth-order valence-corrected chi connectivity index (χ4v) is 5.88. The molecule has 1 aliphatic rings. The van der Waals surface area contributed by atoms with E-state index < -0.39 is 10.0 Å². The highest BCUT2D eigenvalue weighted by atomic mass is 32.2. The van der Waals surface area contributed by atoms with E-state index in [-0.39, 0.29) is 34.9 Å². The Hall–Kier alpha value is -3.90. The maximum atomic E-state index is 13.0. The SMILES string of the molecule is COc1ccc2ccn(CC(=O)N3CCN(c4ccc(S(=O)(=O)Nc5nccs5)cc4)C(=O)C3)c2c1. The number of hydrogen-bond acceptors (Lipinski definition) is 7. The molecule has 0 radical (unpaired) electrons.